The van der Waals surface area contributed by atoms with Crippen molar-refractivity contribution >= 4 is 23.6 Å². The summed E-state index contributed by atoms with van der Waals surface area (Å²) in [5, 5.41) is 25.4. The second-order valence-corrected chi connectivity index (χ2v) is 7.84. The molecule has 6 N–H and O–H groups in total. The summed E-state index contributed by atoms with van der Waals surface area (Å²) in [6, 6.07) is 2.09. The van der Waals surface area contributed by atoms with E-state index in [4.69, 9.17) is 29.4 Å². The Morgan fingerprint density at radius 1 is 1.11 bits per heavy atom. The van der Waals surface area contributed by atoms with E-state index in [-0.39, 0.29) is 38.9 Å². The van der Waals surface area contributed by atoms with Crippen molar-refractivity contribution in [2.24, 2.45) is 0 Å². The average molecular weight is 515 g/mol. The Balaban J connectivity index is 1.64. The highest BCUT2D eigenvalue weighted by molar-refractivity contribution is 5.93. The van der Waals surface area contributed by atoms with Crippen LogP contribution in [0.3, 0.4) is 0 Å². The molecule has 36 heavy (non-hydrogen) atoms. The van der Waals surface area contributed by atoms with Gasteiger partial charge in [0.2, 0.25) is 5.91 Å². The Morgan fingerprint density at radius 3 is 2.42 bits per heavy atom. The largest absolute Gasteiger partial charge is 0.457 e. The predicted molar refractivity (Wildman–Crippen MR) is 123 cm³/mol. The molecule has 14 nitrogen and oxygen atoms in total. The average Bonchev–Trinajstić information content (AvgIpc) is 2.83. The SMILES string of the molecule is CC(=O)NC1[C@H](OCCOCCOCCNC(=O)c2ccc(N)nc2)OC(CO)[C@H](OC(C)=O)[C@@H]1O. The summed E-state index contributed by atoms with van der Waals surface area (Å²) in [6.45, 7) is 3.22. The van der Waals surface area contributed by atoms with Crippen molar-refractivity contribution in [3.8, 4) is 0 Å². The number of ether oxygens (including phenoxy) is 5. The van der Waals surface area contributed by atoms with Crippen LogP contribution in [0.4, 0.5) is 5.82 Å². The second kappa shape index (κ2) is 15.3. The van der Waals surface area contributed by atoms with Crippen LogP contribution in [-0.4, -0.2) is 110 Å². The minimum absolute atomic E-state index is 0.0511. The van der Waals surface area contributed by atoms with Crippen LogP contribution in [0.1, 0.15) is 24.2 Å². The molecule has 5 atom stereocenters. The molecule has 0 aliphatic carbocycles. The summed E-state index contributed by atoms with van der Waals surface area (Å²) in [4.78, 5) is 38.7. The van der Waals surface area contributed by atoms with Crippen LogP contribution in [0.15, 0.2) is 18.3 Å². The number of aliphatic hydroxyl groups is 2. The van der Waals surface area contributed by atoms with E-state index in [9.17, 15) is 24.6 Å². The number of aromatic nitrogens is 1. The van der Waals surface area contributed by atoms with Crippen LogP contribution in [0.25, 0.3) is 0 Å². The number of nitrogen functional groups attached to an aromatic ring is 1. The Morgan fingerprint density at radius 2 is 1.81 bits per heavy atom. The van der Waals surface area contributed by atoms with Crippen LogP contribution >= 0.6 is 0 Å². The normalized spacial score (nSPS) is 23.6. The molecule has 2 rings (SSSR count). The zero-order valence-corrected chi connectivity index (χ0v) is 20.3. The van der Waals surface area contributed by atoms with E-state index >= 15 is 0 Å². The third-order valence-electron chi connectivity index (χ3n) is 4.99. The van der Waals surface area contributed by atoms with Gasteiger partial charge in [-0.3, -0.25) is 14.4 Å². The first-order valence-electron chi connectivity index (χ1n) is 11.4. The fraction of sp³-hybridized carbons (Fsp3) is 0.636. The van der Waals surface area contributed by atoms with E-state index in [1.165, 1.54) is 13.1 Å². The molecule has 0 bridgehead atoms. The molecule has 14 heteroatoms. The van der Waals surface area contributed by atoms with Crippen molar-refractivity contribution in [3.63, 3.8) is 0 Å². The smallest absolute Gasteiger partial charge is 0.303 e. The number of pyridine rings is 1. The molecule has 2 unspecified atom stereocenters. The number of aliphatic hydroxyl groups excluding tert-OH is 2. The molecule has 0 aromatic carbocycles. The summed E-state index contributed by atoms with van der Waals surface area (Å²) < 4.78 is 27.1. The van der Waals surface area contributed by atoms with E-state index in [0.29, 0.717) is 17.9 Å². The second-order valence-electron chi connectivity index (χ2n) is 7.84. The van der Waals surface area contributed by atoms with Crippen molar-refractivity contribution in [1.29, 1.82) is 0 Å². The number of anilines is 1. The van der Waals surface area contributed by atoms with Crippen molar-refractivity contribution in [3.05, 3.63) is 23.9 Å². The zero-order valence-electron chi connectivity index (χ0n) is 20.3. The van der Waals surface area contributed by atoms with Gasteiger partial charge in [-0.05, 0) is 12.1 Å². The van der Waals surface area contributed by atoms with Gasteiger partial charge in [-0.25, -0.2) is 4.98 Å². The molecule has 1 aliphatic heterocycles. The lowest BCUT2D eigenvalue weighted by molar-refractivity contribution is -0.275. The Bertz CT molecular complexity index is 841. The van der Waals surface area contributed by atoms with Crippen molar-refractivity contribution in [1.82, 2.24) is 15.6 Å². The highest BCUT2D eigenvalue weighted by atomic mass is 16.7. The number of hydrogen-bond donors (Lipinski definition) is 5. The maximum absolute atomic E-state index is 11.9. The van der Waals surface area contributed by atoms with Crippen LogP contribution in [0.2, 0.25) is 0 Å². The van der Waals surface area contributed by atoms with Gasteiger partial charge in [0.25, 0.3) is 5.91 Å². The minimum atomic E-state index is -1.36. The van der Waals surface area contributed by atoms with Gasteiger partial charge >= 0.3 is 5.97 Å². The Hall–Kier alpha value is -2.88. The Kier molecular flexibility index (Phi) is 12.5. The quantitative estimate of drug-likeness (QED) is 0.135. The predicted octanol–water partition coefficient (Wildman–Crippen LogP) is -2.04. The first kappa shape index (κ1) is 29.4. The number of nitrogens with one attached hydrogen (secondary N) is 2. The molecule has 202 valence electrons. The number of nitrogens with two attached hydrogens (primary N) is 1. The lowest BCUT2D eigenvalue weighted by Gasteiger charge is -2.43. The molecule has 1 aromatic heterocycles. The molecule has 1 saturated heterocycles. The number of hydrogen-bond acceptors (Lipinski definition) is 12. The molecule has 0 saturated carbocycles. The lowest BCUT2D eigenvalue weighted by atomic mass is 9.96. The monoisotopic (exact) mass is 514 g/mol. The topological polar surface area (TPSA) is 201 Å². The van der Waals surface area contributed by atoms with Gasteiger partial charge < -0.3 is 50.3 Å². The number of carbonyl (C=O) groups excluding carboxylic acids is 3. The first-order valence-corrected chi connectivity index (χ1v) is 11.4. The van der Waals surface area contributed by atoms with E-state index in [1.54, 1.807) is 12.1 Å². The number of nitrogens with zero attached hydrogens (tertiary/aromatic N) is 1. The lowest BCUT2D eigenvalue weighted by Crippen LogP contribution is -2.65. The molecule has 2 heterocycles. The van der Waals surface area contributed by atoms with E-state index < -0.39 is 49.1 Å². The van der Waals surface area contributed by atoms with Gasteiger partial charge in [0.05, 0.1) is 45.2 Å². The summed E-state index contributed by atoms with van der Waals surface area (Å²) in [5.74, 6) is -1.07. The highest BCUT2D eigenvalue weighted by Crippen LogP contribution is 2.24. The van der Waals surface area contributed by atoms with Crippen molar-refractivity contribution < 1.29 is 48.3 Å². The summed E-state index contributed by atoms with van der Waals surface area (Å²) in [5.41, 5.74) is 5.88. The number of rotatable bonds is 14. The summed E-state index contributed by atoms with van der Waals surface area (Å²) in [6.07, 6.45) is -3.29. The zero-order chi connectivity index (χ0) is 26.5. The molecule has 0 radical (unpaired) electrons. The van der Waals surface area contributed by atoms with E-state index in [1.807, 2.05) is 0 Å². The number of amides is 2. The number of carbonyl (C=O) groups is 3. The van der Waals surface area contributed by atoms with Crippen LogP contribution in [0, 0.1) is 0 Å². The molecule has 2 amide bonds. The summed E-state index contributed by atoms with van der Waals surface area (Å²) in [7, 11) is 0. The fourth-order valence-electron chi connectivity index (χ4n) is 3.36. The molecule has 1 fully saturated rings. The fourth-order valence-corrected chi connectivity index (χ4v) is 3.36. The van der Waals surface area contributed by atoms with Gasteiger partial charge in [-0.15, -0.1) is 0 Å². The maximum Gasteiger partial charge on any atom is 0.303 e. The molecule has 1 aliphatic rings. The van der Waals surface area contributed by atoms with Gasteiger partial charge in [0.15, 0.2) is 12.4 Å². The standard InChI is InChI=1S/C22H34N4O10/c1-13(28)26-18-19(30)20(35-14(2)29)16(12-27)36-22(18)34-10-9-33-8-7-32-6-5-24-21(31)15-3-4-17(23)25-11-15/h3-4,11,16,18-20,22,27,30H,5-10,12H2,1-2H3,(H2,23,25)(H,24,31)(H,26,28)/t16?,18?,19-,20+,22-/m1/s1. The highest BCUT2D eigenvalue weighted by Gasteiger charge is 2.47. The number of esters is 1. The van der Waals surface area contributed by atoms with Gasteiger partial charge in [-0.1, -0.05) is 0 Å². The molecule has 1 aromatic rings. The van der Waals surface area contributed by atoms with Gasteiger partial charge in [-0.2, -0.15) is 0 Å². The van der Waals surface area contributed by atoms with Crippen LogP contribution in [0.5, 0.6) is 0 Å². The van der Waals surface area contributed by atoms with Crippen LogP contribution < -0.4 is 16.4 Å². The first-order chi connectivity index (χ1) is 17.2. The van der Waals surface area contributed by atoms with Crippen LogP contribution in [-0.2, 0) is 33.3 Å². The summed E-state index contributed by atoms with van der Waals surface area (Å²) >= 11 is 0. The molecular formula is C22H34N4O10. The van der Waals surface area contributed by atoms with E-state index in [0.717, 1.165) is 6.92 Å². The van der Waals surface area contributed by atoms with Gasteiger partial charge in [0, 0.05) is 26.6 Å². The maximum atomic E-state index is 11.9. The molecular weight excluding hydrogens is 480 g/mol. The minimum Gasteiger partial charge on any atom is -0.457 e. The van der Waals surface area contributed by atoms with Crippen molar-refractivity contribution in [2.45, 2.75) is 44.5 Å². The molecule has 0 spiro atoms. The Labute approximate surface area is 208 Å². The third kappa shape index (κ3) is 9.64. The third-order valence-corrected chi connectivity index (χ3v) is 4.99. The van der Waals surface area contributed by atoms with Crippen molar-refractivity contribution in [2.75, 3.05) is 51.9 Å². The van der Waals surface area contributed by atoms with Gasteiger partial charge in [0.1, 0.15) is 24.1 Å². The van der Waals surface area contributed by atoms with E-state index in [2.05, 4.69) is 15.6 Å².